The van der Waals surface area contributed by atoms with Crippen LogP contribution in [0.5, 0.6) is 0 Å². The van der Waals surface area contributed by atoms with Crippen LogP contribution in [0.3, 0.4) is 0 Å². The van der Waals surface area contributed by atoms with Crippen molar-refractivity contribution in [3.05, 3.63) is 33.3 Å². The van der Waals surface area contributed by atoms with Gasteiger partial charge in [-0.2, -0.15) is 0 Å². The van der Waals surface area contributed by atoms with Gasteiger partial charge in [-0.15, -0.1) is 0 Å². The average molecular weight is 339 g/mol. The summed E-state index contributed by atoms with van der Waals surface area (Å²) in [4.78, 5) is 11.8. The Morgan fingerprint density at radius 2 is 2.24 bits per heavy atom. The van der Waals surface area contributed by atoms with Gasteiger partial charge >= 0.3 is 0 Å². The van der Waals surface area contributed by atoms with Crippen molar-refractivity contribution in [2.24, 2.45) is 0 Å². The van der Waals surface area contributed by atoms with Crippen LogP contribution in [-0.4, -0.2) is 28.2 Å². The number of hydrogen-bond donors (Lipinski definition) is 1. The summed E-state index contributed by atoms with van der Waals surface area (Å²) in [6.07, 6.45) is 1.61. The van der Waals surface area contributed by atoms with E-state index in [1.807, 2.05) is 6.92 Å². The van der Waals surface area contributed by atoms with Crippen molar-refractivity contribution in [1.82, 2.24) is 5.32 Å². The van der Waals surface area contributed by atoms with E-state index < -0.39 is 10.8 Å². The molecule has 1 rings (SSSR count). The molecule has 1 aromatic rings. The first-order chi connectivity index (χ1) is 7.93. The van der Waals surface area contributed by atoms with Crippen LogP contribution in [-0.2, 0) is 10.8 Å². The Balaban J connectivity index is 2.71. The molecular formula is C11H13BrClNO2S. The van der Waals surface area contributed by atoms with Gasteiger partial charge in [-0.05, 0) is 35.0 Å². The van der Waals surface area contributed by atoms with Gasteiger partial charge in [-0.25, -0.2) is 0 Å². The summed E-state index contributed by atoms with van der Waals surface area (Å²) in [6, 6.07) is 5.16. The lowest BCUT2D eigenvalue weighted by Gasteiger charge is -2.11. The molecule has 0 fully saturated rings. The number of benzene rings is 1. The normalized spacial score (nSPS) is 14.1. The molecule has 0 saturated heterocycles. The van der Waals surface area contributed by atoms with Crippen LogP contribution >= 0.6 is 27.5 Å². The molecule has 2 atom stereocenters. The SMILES string of the molecule is CC(CNC(=O)c1cccc(Br)c1Cl)S(C)=O. The Labute approximate surface area is 117 Å². The molecule has 0 saturated carbocycles. The van der Waals surface area contributed by atoms with E-state index in [0.717, 1.165) is 0 Å². The van der Waals surface area contributed by atoms with Gasteiger partial charge in [0.05, 0.1) is 10.6 Å². The van der Waals surface area contributed by atoms with E-state index in [4.69, 9.17) is 11.6 Å². The van der Waals surface area contributed by atoms with Crippen molar-refractivity contribution >= 4 is 44.2 Å². The van der Waals surface area contributed by atoms with Crippen LogP contribution in [0.1, 0.15) is 17.3 Å². The van der Waals surface area contributed by atoms with Crippen LogP contribution in [0.2, 0.25) is 5.02 Å². The van der Waals surface area contributed by atoms with Crippen molar-refractivity contribution in [2.45, 2.75) is 12.2 Å². The lowest BCUT2D eigenvalue weighted by molar-refractivity contribution is 0.0954. The molecule has 0 heterocycles. The summed E-state index contributed by atoms with van der Waals surface area (Å²) in [5, 5.41) is 3.02. The summed E-state index contributed by atoms with van der Waals surface area (Å²) in [5.74, 6) is -0.256. The van der Waals surface area contributed by atoms with E-state index in [1.54, 1.807) is 24.5 Å². The number of amides is 1. The minimum absolute atomic E-state index is 0.0788. The Kier molecular flexibility index (Phi) is 5.62. The Morgan fingerprint density at radius 3 is 2.82 bits per heavy atom. The van der Waals surface area contributed by atoms with E-state index in [1.165, 1.54) is 0 Å². The van der Waals surface area contributed by atoms with E-state index in [2.05, 4.69) is 21.2 Å². The number of rotatable bonds is 4. The molecule has 1 aromatic carbocycles. The second-order valence-corrected chi connectivity index (χ2v) is 6.65. The highest BCUT2D eigenvalue weighted by molar-refractivity contribution is 9.10. The molecule has 0 aliphatic heterocycles. The topological polar surface area (TPSA) is 46.2 Å². The standard InChI is InChI=1S/C11H13BrClNO2S/c1-7(17(2)16)6-14-11(15)8-4-3-5-9(12)10(8)13/h3-5,7H,6H2,1-2H3,(H,14,15). The maximum Gasteiger partial charge on any atom is 0.252 e. The van der Waals surface area contributed by atoms with Crippen LogP contribution < -0.4 is 5.32 Å². The second kappa shape index (κ2) is 6.52. The van der Waals surface area contributed by atoms with E-state index in [9.17, 15) is 9.00 Å². The highest BCUT2D eigenvalue weighted by atomic mass is 79.9. The van der Waals surface area contributed by atoms with Crippen LogP contribution in [0.15, 0.2) is 22.7 Å². The van der Waals surface area contributed by atoms with Crippen molar-refractivity contribution in [1.29, 1.82) is 0 Å². The Bertz CT molecular complexity index is 453. The molecule has 1 amide bonds. The molecule has 0 aliphatic carbocycles. The fourth-order valence-electron chi connectivity index (χ4n) is 1.13. The molecule has 0 aromatic heterocycles. The molecule has 2 unspecified atom stereocenters. The lowest BCUT2D eigenvalue weighted by Crippen LogP contribution is -2.32. The van der Waals surface area contributed by atoms with Gasteiger partial charge in [0.25, 0.3) is 5.91 Å². The van der Waals surface area contributed by atoms with Gasteiger partial charge in [0.2, 0.25) is 0 Å². The molecule has 6 heteroatoms. The van der Waals surface area contributed by atoms with Gasteiger partial charge in [0.1, 0.15) is 0 Å². The summed E-state index contributed by atoms with van der Waals surface area (Å²) in [5.41, 5.74) is 0.412. The minimum atomic E-state index is -0.950. The smallest absolute Gasteiger partial charge is 0.252 e. The fraction of sp³-hybridized carbons (Fsp3) is 0.364. The third-order valence-electron chi connectivity index (χ3n) is 2.31. The van der Waals surface area contributed by atoms with E-state index in [0.29, 0.717) is 21.6 Å². The third-order valence-corrected chi connectivity index (χ3v) is 4.91. The van der Waals surface area contributed by atoms with Crippen molar-refractivity contribution in [2.75, 3.05) is 12.8 Å². The number of carbonyl (C=O) groups is 1. The van der Waals surface area contributed by atoms with Gasteiger partial charge < -0.3 is 5.32 Å². The Morgan fingerprint density at radius 1 is 1.59 bits per heavy atom. The summed E-state index contributed by atoms with van der Waals surface area (Å²) >= 11 is 9.26. The quantitative estimate of drug-likeness (QED) is 0.917. The Hall–Kier alpha value is -0.390. The second-order valence-electron chi connectivity index (χ2n) is 3.62. The molecule has 1 N–H and O–H groups in total. The zero-order valence-electron chi connectivity index (χ0n) is 9.50. The van der Waals surface area contributed by atoms with Crippen LogP contribution in [0, 0.1) is 0 Å². The number of nitrogens with one attached hydrogen (secondary N) is 1. The highest BCUT2D eigenvalue weighted by Gasteiger charge is 2.14. The third kappa shape index (κ3) is 4.08. The van der Waals surface area contributed by atoms with Crippen molar-refractivity contribution < 1.29 is 9.00 Å². The highest BCUT2D eigenvalue weighted by Crippen LogP contribution is 2.25. The molecule has 3 nitrogen and oxygen atoms in total. The predicted octanol–water partition coefficient (Wildman–Crippen LogP) is 2.60. The monoisotopic (exact) mass is 337 g/mol. The summed E-state index contributed by atoms with van der Waals surface area (Å²) in [7, 11) is -0.950. The zero-order chi connectivity index (χ0) is 13.0. The maximum absolute atomic E-state index is 11.8. The summed E-state index contributed by atoms with van der Waals surface area (Å²) < 4.78 is 11.8. The number of halogens is 2. The minimum Gasteiger partial charge on any atom is -0.351 e. The molecule has 0 bridgehead atoms. The lowest BCUT2D eigenvalue weighted by atomic mass is 10.2. The first-order valence-corrected chi connectivity index (χ1v) is 7.77. The van der Waals surface area contributed by atoms with Gasteiger partial charge in [0, 0.05) is 33.3 Å². The maximum atomic E-state index is 11.8. The van der Waals surface area contributed by atoms with E-state index in [-0.39, 0.29) is 11.2 Å². The predicted molar refractivity (Wildman–Crippen MR) is 75.0 cm³/mol. The van der Waals surface area contributed by atoms with Crippen molar-refractivity contribution in [3.8, 4) is 0 Å². The first-order valence-electron chi connectivity index (χ1n) is 4.98. The molecular weight excluding hydrogens is 326 g/mol. The largest absolute Gasteiger partial charge is 0.351 e. The van der Waals surface area contributed by atoms with Gasteiger partial charge in [0.15, 0.2) is 0 Å². The first kappa shape index (κ1) is 14.7. The molecule has 17 heavy (non-hydrogen) atoms. The molecule has 94 valence electrons. The van der Waals surface area contributed by atoms with Gasteiger partial charge in [-0.3, -0.25) is 9.00 Å². The van der Waals surface area contributed by atoms with E-state index >= 15 is 0 Å². The molecule has 0 aliphatic rings. The van der Waals surface area contributed by atoms with Gasteiger partial charge in [-0.1, -0.05) is 17.7 Å². The fourth-order valence-corrected chi connectivity index (χ4v) is 2.02. The number of hydrogen-bond acceptors (Lipinski definition) is 2. The van der Waals surface area contributed by atoms with Crippen molar-refractivity contribution in [3.63, 3.8) is 0 Å². The summed E-state index contributed by atoms with van der Waals surface area (Å²) in [6.45, 7) is 2.18. The number of carbonyl (C=O) groups excluding carboxylic acids is 1. The zero-order valence-corrected chi connectivity index (χ0v) is 12.7. The molecule has 0 spiro atoms. The van der Waals surface area contributed by atoms with Crippen LogP contribution in [0.25, 0.3) is 0 Å². The van der Waals surface area contributed by atoms with Crippen LogP contribution in [0.4, 0.5) is 0 Å². The average Bonchev–Trinajstić information content (AvgIpc) is 2.29. The molecule has 0 radical (unpaired) electrons.